The van der Waals surface area contributed by atoms with Crippen LogP contribution in [0.1, 0.15) is 0 Å². The first-order valence-electron chi connectivity index (χ1n) is 3.43. The largest absolute Gasteiger partial charge is 0.422 e. The molecule has 0 fully saturated rings. The summed E-state index contributed by atoms with van der Waals surface area (Å²) in [5.41, 5.74) is 0. The highest BCUT2D eigenvalue weighted by Gasteiger charge is 2.05. The smallest absolute Gasteiger partial charge is 0.335 e. The maximum absolute atomic E-state index is 10.8. The van der Waals surface area contributed by atoms with Crippen LogP contribution in [-0.4, -0.2) is 5.97 Å². The zero-order chi connectivity index (χ0) is 9.84. The fourth-order valence-corrected chi connectivity index (χ4v) is 1.02. The fourth-order valence-electron chi connectivity index (χ4n) is 0.705. The van der Waals surface area contributed by atoms with Crippen LogP contribution in [0.2, 0.25) is 10.0 Å². The summed E-state index contributed by atoms with van der Waals surface area (Å²) in [6.45, 7) is 3.26. The topological polar surface area (TPSA) is 26.3 Å². The van der Waals surface area contributed by atoms with E-state index < -0.39 is 5.97 Å². The zero-order valence-electron chi connectivity index (χ0n) is 6.59. The molecule has 0 atom stereocenters. The van der Waals surface area contributed by atoms with Gasteiger partial charge >= 0.3 is 5.97 Å². The molecule has 0 aromatic heterocycles. The van der Waals surface area contributed by atoms with Gasteiger partial charge in [-0.05, 0) is 12.1 Å². The van der Waals surface area contributed by atoms with Crippen molar-refractivity contribution in [1.82, 2.24) is 0 Å². The van der Waals surface area contributed by atoms with Gasteiger partial charge < -0.3 is 4.74 Å². The summed E-state index contributed by atoms with van der Waals surface area (Å²) in [4.78, 5) is 10.8. The molecule has 0 spiro atoms. The van der Waals surface area contributed by atoms with Crippen molar-refractivity contribution in [2.24, 2.45) is 0 Å². The van der Waals surface area contributed by atoms with Crippen LogP contribution in [0.4, 0.5) is 0 Å². The molecule has 0 aliphatic heterocycles. The summed E-state index contributed by atoms with van der Waals surface area (Å²) >= 11 is 11.4. The minimum absolute atomic E-state index is 0.235. The summed E-state index contributed by atoms with van der Waals surface area (Å²) in [7, 11) is 0. The number of carbonyl (C=O) groups excluding carboxylic acids is 1. The van der Waals surface area contributed by atoms with E-state index in [0.717, 1.165) is 6.08 Å². The van der Waals surface area contributed by atoms with E-state index in [0.29, 0.717) is 10.0 Å². The highest BCUT2D eigenvalue weighted by atomic mass is 35.5. The molecule has 0 aliphatic carbocycles. The summed E-state index contributed by atoms with van der Waals surface area (Å²) in [5.74, 6) is -0.330. The Kier molecular flexibility index (Phi) is 3.34. The lowest BCUT2D eigenvalue weighted by molar-refractivity contribution is -0.128. The maximum atomic E-state index is 10.8. The molecule has 0 unspecified atom stereocenters. The number of carbonyl (C=O) groups is 1. The average Bonchev–Trinajstić information content (AvgIpc) is 2.11. The third-order valence-corrected chi connectivity index (χ3v) is 1.82. The number of hydrogen-bond donors (Lipinski definition) is 0. The van der Waals surface area contributed by atoms with Crippen LogP contribution in [0.15, 0.2) is 30.9 Å². The molecule has 4 heteroatoms. The Morgan fingerprint density at radius 1 is 1.46 bits per heavy atom. The Bertz CT molecular complexity index is 347. The second-order valence-corrected chi connectivity index (χ2v) is 3.04. The first-order chi connectivity index (χ1) is 6.13. The summed E-state index contributed by atoms with van der Waals surface area (Å²) in [6.07, 6.45) is 1.05. The third kappa shape index (κ3) is 2.76. The lowest BCUT2D eigenvalue weighted by atomic mass is 10.3. The summed E-state index contributed by atoms with van der Waals surface area (Å²) in [6, 6.07) is 4.62. The Morgan fingerprint density at radius 2 is 2.15 bits per heavy atom. The molecule has 0 amide bonds. The van der Waals surface area contributed by atoms with Gasteiger partial charge in [-0.2, -0.15) is 0 Å². The number of esters is 1. The highest BCUT2D eigenvalue weighted by molar-refractivity contribution is 6.34. The van der Waals surface area contributed by atoms with Gasteiger partial charge in [0.15, 0.2) is 5.75 Å². The molecule has 0 bridgehead atoms. The molecule has 13 heavy (non-hydrogen) atoms. The minimum Gasteiger partial charge on any atom is -0.422 e. The van der Waals surface area contributed by atoms with Crippen molar-refractivity contribution in [2.45, 2.75) is 0 Å². The van der Waals surface area contributed by atoms with E-state index in [2.05, 4.69) is 6.58 Å². The SMILES string of the molecule is C=CC(=O)Oc1cc(Cl)ccc1Cl. The van der Waals surface area contributed by atoms with Crippen molar-refractivity contribution in [2.75, 3.05) is 0 Å². The van der Waals surface area contributed by atoms with E-state index in [4.69, 9.17) is 27.9 Å². The first-order valence-corrected chi connectivity index (χ1v) is 4.18. The van der Waals surface area contributed by atoms with Gasteiger partial charge in [0.05, 0.1) is 5.02 Å². The minimum atomic E-state index is -0.566. The van der Waals surface area contributed by atoms with E-state index in [9.17, 15) is 4.79 Å². The van der Waals surface area contributed by atoms with Crippen molar-refractivity contribution in [3.63, 3.8) is 0 Å². The number of halogens is 2. The molecule has 1 aromatic carbocycles. The van der Waals surface area contributed by atoms with Crippen molar-refractivity contribution in [3.8, 4) is 5.75 Å². The molecule has 2 nitrogen and oxygen atoms in total. The van der Waals surface area contributed by atoms with E-state index in [1.54, 1.807) is 12.1 Å². The van der Waals surface area contributed by atoms with Gasteiger partial charge in [0.25, 0.3) is 0 Å². The standard InChI is InChI=1S/C9H6Cl2O2/c1-2-9(12)13-8-5-6(10)3-4-7(8)11/h2-5H,1H2. The molecule has 0 N–H and O–H groups in total. The van der Waals surface area contributed by atoms with Crippen LogP contribution in [0, 0.1) is 0 Å². The van der Waals surface area contributed by atoms with Gasteiger partial charge in [0, 0.05) is 17.2 Å². The van der Waals surface area contributed by atoms with E-state index >= 15 is 0 Å². The molecule has 1 aromatic rings. The number of ether oxygens (including phenoxy) is 1. The van der Waals surface area contributed by atoms with Gasteiger partial charge in [0.2, 0.25) is 0 Å². The van der Waals surface area contributed by atoms with E-state index in [1.165, 1.54) is 6.07 Å². The van der Waals surface area contributed by atoms with Gasteiger partial charge in [0.1, 0.15) is 0 Å². The van der Waals surface area contributed by atoms with Gasteiger partial charge in [-0.3, -0.25) is 0 Å². The van der Waals surface area contributed by atoms with Crippen LogP contribution in [-0.2, 0) is 4.79 Å². The zero-order valence-corrected chi connectivity index (χ0v) is 8.10. The Morgan fingerprint density at radius 3 is 2.77 bits per heavy atom. The van der Waals surface area contributed by atoms with Crippen molar-refractivity contribution >= 4 is 29.2 Å². The highest BCUT2D eigenvalue weighted by Crippen LogP contribution is 2.27. The van der Waals surface area contributed by atoms with Crippen molar-refractivity contribution < 1.29 is 9.53 Å². The Hall–Kier alpha value is -0.990. The molecule has 68 valence electrons. The normalized spacial score (nSPS) is 9.38. The third-order valence-electron chi connectivity index (χ3n) is 1.27. The predicted molar refractivity (Wildman–Crippen MR) is 52.3 cm³/mol. The molecule has 0 aliphatic rings. The van der Waals surface area contributed by atoms with Gasteiger partial charge in [-0.1, -0.05) is 29.8 Å². The quantitative estimate of drug-likeness (QED) is 0.432. The molecular weight excluding hydrogens is 211 g/mol. The van der Waals surface area contributed by atoms with Gasteiger partial charge in [-0.25, -0.2) is 4.79 Å². The van der Waals surface area contributed by atoms with Crippen LogP contribution in [0.25, 0.3) is 0 Å². The number of benzene rings is 1. The first kappa shape index (κ1) is 10.1. The molecule has 0 heterocycles. The van der Waals surface area contributed by atoms with Crippen LogP contribution in [0.5, 0.6) is 5.75 Å². The van der Waals surface area contributed by atoms with E-state index in [-0.39, 0.29) is 5.75 Å². The lowest BCUT2D eigenvalue weighted by Crippen LogP contribution is -2.03. The van der Waals surface area contributed by atoms with Crippen LogP contribution < -0.4 is 4.74 Å². The van der Waals surface area contributed by atoms with Crippen LogP contribution >= 0.6 is 23.2 Å². The molecular formula is C9H6Cl2O2. The van der Waals surface area contributed by atoms with Crippen LogP contribution in [0.3, 0.4) is 0 Å². The average molecular weight is 217 g/mol. The number of hydrogen-bond acceptors (Lipinski definition) is 2. The molecule has 1 rings (SSSR count). The van der Waals surface area contributed by atoms with Gasteiger partial charge in [-0.15, -0.1) is 0 Å². The predicted octanol–water partition coefficient (Wildman–Crippen LogP) is 3.08. The van der Waals surface area contributed by atoms with E-state index in [1.807, 2.05) is 0 Å². The Labute approximate surface area is 85.7 Å². The lowest BCUT2D eigenvalue weighted by Gasteiger charge is -2.03. The van der Waals surface area contributed by atoms with Crippen molar-refractivity contribution in [1.29, 1.82) is 0 Å². The molecule has 0 radical (unpaired) electrons. The monoisotopic (exact) mass is 216 g/mol. The molecule has 0 saturated heterocycles. The summed E-state index contributed by atoms with van der Waals surface area (Å²) in [5, 5.41) is 0.788. The summed E-state index contributed by atoms with van der Waals surface area (Å²) < 4.78 is 4.80. The second-order valence-electron chi connectivity index (χ2n) is 2.20. The van der Waals surface area contributed by atoms with Crippen molar-refractivity contribution in [3.05, 3.63) is 40.9 Å². The molecule has 0 saturated carbocycles. The Balaban J connectivity index is 2.93. The second kappa shape index (κ2) is 4.30. The fraction of sp³-hybridized carbons (Fsp3) is 0. The number of rotatable bonds is 2. The maximum Gasteiger partial charge on any atom is 0.335 e.